The molecule has 0 N–H and O–H groups in total. The first kappa shape index (κ1) is 20.8. The molecule has 0 radical (unpaired) electrons. The van der Waals surface area contributed by atoms with E-state index in [4.69, 9.17) is 0 Å². The normalized spacial score (nSPS) is 17.4. The van der Waals surface area contributed by atoms with Crippen LogP contribution in [0.5, 0.6) is 0 Å². The van der Waals surface area contributed by atoms with Gasteiger partial charge in [0.05, 0.1) is 11.6 Å². The van der Waals surface area contributed by atoms with Gasteiger partial charge >= 0.3 is 0 Å². The molecule has 0 aliphatic carbocycles. The van der Waals surface area contributed by atoms with Crippen molar-refractivity contribution in [2.24, 2.45) is 5.92 Å². The summed E-state index contributed by atoms with van der Waals surface area (Å²) in [4.78, 5) is 5.09. The van der Waals surface area contributed by atoms with Crippen molar-refractivity contribution < 1.29 is 0 Å². The van der Waals surface area contributed by atoms with Crippen LogP contribution < -0.4 is 4.90 Å². The van der Waals surface area contributed by atoms with Crippen molar-refractivity contribution in [1.82, 2.24) is 25.1 Å². The molecule has 1 aromatic heterocycles. The van der Waals surface area contributed by atoms with Crippen molar-refractivity contribution in [3.05, 3.63) is 35.2 Å². The zero-order chi connectivity index (χ0) is 20.5. The molecule has 0 bridgehead atoms. The third-order valence-corrected chi connectivity index (χ3v) is 6.24. The van der Waals surface area contributed by atoms with Gasteiger partial charge in [-0.2, -0.15) is 0 Å². The fraction of sp³-hybridized carbons (Fsp3) is 0.682. The smallest absolute Gasteiger partial charge is 0.169 e. The van der Waals surface area contributed by atoms with E-state index in [0.29, 0.717) is 5.92 Å². The molecule has 2 heterocycles. The van der Waals surface area contributed by atoms with Gasteiger partial charge in [-0.05, 0) is 67.7 Å². The molecule has 2 aromatic rings. The van der Waals surface area contributed by atoms with Crippen molar-refractivity contribution >= 4 is 5.69 Å². The molecule has 0 spiro atoms. The van der Waals surface area contributed by atoms with Crippen LogP contribution in [0.15, 0.2) is 18.2 Å². The van der Waals surface area contributed by atoms with Gasteiger partial charge in [-0.15, -0.1) is 5.10 Å². The fourth-order valence-corrected chi connectivity index (χ4v) is 4.14. The lowest BCUT2D eigenvalue weighted by Crippen LogP contribution is -2.49. The Hall–Kier alpha value is -1.95. The van der Waals surface area contributed by atoms with Gasteiger partial charge in [0.2, 0.25) is 0 Å². The second-order valence-corrected chi connectivity index (χ2v) is 9.12. The minimum atomic E-state index is -0.0769. The summed E-state index contributed by atoms with van der Waals surface area (Å²) in [5.74, 6) is 1.45. The zero-order valence-corrected chi connectivity index (χ0v) is 18.6. The van der Waals surface area contributed by atoms with Crippen molar-refractivity contribution in [2.75, 3.05) is 31.1 Å². The molecule has 1 aliphatic rings. The SMILES string of the molecule is CCC(C)(C)n1nnnc1C(C(C)C)N1CCN(c2cc(C)ccc2C)CC1. The molecule has 1 saturated heterocycles. The molecule has 28 heavy (non-hydrogen) atoms. The van der Waals surface area contributed by atoms with Crippen LogP contribution in [0.4, 0.5) is 5.69 Å². The van der Waals surface area contributed by atoms with Gasteiger partial charge in [-0.3, -0.25) is 4.90 Å². The fourth-order valence-electron chi connectivity index (χ4n) is 4.14. The van der Waals surface area contributed by atoms with E-state index in [9.17, 15) is 0 Å². The number of hydrogen-bond donors (Lipinski definition) is 0. The molecule has 1 fully saturated rings. The topological polar surface area (TPSA) is 50.1 Å². The van der Waals surface area contributed by atoms with Gasteiger partial charge in [-0.25, -0.2) is 4.68 Å². The Labute approximate surface area is 169 Å². The number of rotatable bonds is 6. The molecule has 154 valence electrons. The van der Waals surface area contributed by atoms with E-state index >= 15 is 0 Å². The highest BCUT2D eigenvalue weighted by Gasteiger charge is 2.34. The highest BCUT2D eigenvalue weighted by Crippen LogP contribution is 2.32. The average Bonchev–Trinajstić information content (AvgIpc) is 3.14. The van der Waals surface area contributed by atoms with Crippen LogP contribution in [0, 0.1) is 19.8 Å². The lowest BCUT2D eigenvalue weighted by molar-refractivity contribution is 0.126. The van der Waals surface area contributed by atoms with Crippen molar-refractivity contribution in [3.8, 4) is 0 Å². The highest BCUT2D eigenvalue weighted by atomic mass is 15.6. The molecule has 1 aromatic carbocycles. The summed E-state index contributed by atoms with van der Waals surface area (Å²) < 4.78 is 2.05. The molecule has 1 aliphatic heterocycles. The van der Waals surface area contributed by atoms with Gasteiger partial charge < -0.3 is 4.90 Å². The Morgan fingerprint density at radius 3 is 2.36 bits per heavy atom. The standard InChI is InChI=1S/C22H36N6/c1-8-22(6,7)28-21(23-24-25-28)20(16(2)3)27-13-11-26(12-14-27)19-15-17(4)9-10-18(19)5/h9-10,15-16,20H,8,11-14H2,1-7H3. The summed E-state index contributed by atoms with van der Waals surface area (Å²) >= 11 is 0. The maximum absolute atomic E-state index is 4.48. The number of tetrazole rings is 1. The lowest BCUT2D eigenvalue weighted by Gasteiger charge is -2.42. The Morgan fingerprint density at radius 1 is 1.07 bits per heavy atom. The van der Waals surface area contributed by atoms with Gasteiger partial charge in [0.15, 0.2) is 5.82 Å². The van der Waals surface area contributed by atoms with E-state index in [1.807, 2.05) is 0 Å². The molecule has 3 rings (SSSR count). The molecular weight excluding hydrogens is 348 g/mol. The number of hydrogen-bond acceptors (Lipinski definition) is 5. The summed E-state index contributed by atoms with van der Waals surface area (Å²) in [5, 5.41) is 12.9. The van der Waals surface area contributed by atoms with E-state index in [-0.39, 0.29) is 11.6 Å². The monoisotopic (exact) mass is 384 g/mol. The number of aromatic nitrogens is 4. The first-order valence-corrected chi connectivity index (χ1v) is 10.6. The summed E-state index contributed by atoms with van der Waals surface area (Å²) in [5.41, 5.74) is 3.97. The third kappa shape index (κ3) is 4.07. The van der Waals surface area contributed by atoms with Crippen LogP contribution in [-0.4, -0.2) is 51.3 Å². The third-order valence-electron chi connectivity index (χ3n) is 6.24. The maximum atomic E-state index is 4.48. The maximum Gasteiger partial charge on any atom is 0.169 e. The van der Waals surface area contributed by atoms with Crippen molar-refractivity contribution in [1.29, 1.82) is 0 Å². The van der Waals surface area contributed by atoms with E-state index in [2.05, 4.69) is 96.7 Å². The molecule has 1 unspecified atom stereocenters. The summed E-state index contributed by atoms with van der Waals surface area (Å²) in [6, 6.07) is 6.98. The molecule has 6 nitrogen and oxygen atoms in total. The minimum absolute atomic E-state index is 0.0769. The Kier molecular flexibility index (Phi) is 6.08. The van der Waals surface area contributed by atoms with Crippen LogP contribution >= 0.6 is 0 Å². The van der Waals surface area contributed by atoms with Crippen LogP contribution in [0.2, 0.25) is 0 Å². The largest absolute Gasteiger partial charge is 0.369 e. The molecule has 0 amide bonds. The number of piperazine rings is 1. The van der Waals surface area contributed by atoms with Gasteiger partial charge in [0.1, 0.15) is 0 Å². The van der Waals surface area contributed by atoms with E-state index < -0.39 is 0 Å². The number of anilines is 1. The van der Waals surface area contributed by atoms with E-state index in [1.54, 1.807) is 0 Å². The predicted octanol–water partition coefficient (Wildman–Crippen LogP) is 3.95. The van der Waals surface area contributed by atoms with E-state index in [1.165, 1.54) is 16.8 Å². The summed E-state index contributed by atoms with van der Waals surface area (Å²) in [7, 11) is 0. The molecular formula is C22H36N6. The second-order valence-electron chi connectivity index (χ2n) is 9.12. The van der Waals surface area contributed by atoms with Crippen molar-refractivity contribution in [2.45, 2.75) is 66.5 Å². The van der Waals surface area contributed by atoms with Crippen LogP contribution in [0.3, 0.4) is 0 Å². The van der Waals surface area contributed by atoms with Crippen LogP contribution in [0.1, 0.15) is 64.0 Å². The summed E-state index contributed by atoms with van der Waals surface area (Å²) in [6.45, 7) is 19.7. The number of nitrogens with zero attached hydrogens (tertiary/aromatic N) is 6. The summed E-state index contributed by atoms with van der Waals surface area (Å²) in [6.07, 6.45) is 0.996. The molecule has 6 heteroatoms. The quantitative estimate of drug-likeness (QED) is 0.755. The van der Waals surface area contributed by atoms with Gasteiger partial charge in [0.25, 0.3) is 0 Å². The number of aryl methyl sites for hydroxylation is 2. The predicted molar refractivity (Wildman–Crippen MR) is 115 cm³/mol. The van der Waals surface area contributed by atoms with Crippen LogP contribution in [0.25, 0.3) is 0 Å². The first-order valence-electron chi connectivity index (χ1n) is 10.6. The van der Waals surface area contributed by atoms with Crippen molar-refractivity contribution in [3.63, 3.8) is 0 Å². The zero-order valence-electron chi connectivity index (χ0n) is 18.6. The average molecular weight is 385 g/mol. The Morgan fingerprint density at radius 2 is 1.75 bits per heavy atom. The number of benzene rings is 1. The molecule has 1 atom stereocenters. The first-order chi connectivity index (χ1) is 13.2. The Bertz CT molecular complexity index is 786. The minimum Gasteiger partial charge on any atom is -0.369 e. The second kappa shape index (κ2) is 8.19. The van der Waals surface area contributed by atoms with E-state index in [0.717, 1.165) is 38.4 Å². The molecule has 0 saturated carbocycles. The Balaban J connectivity index is 1.80. The highest BCUT2D eigenvalue weighted by molar-refractivity contribution is 5.55. The van der Waals surface area contributed by atoms with Gasteiger partial charge in [0, 0.05) is 31.9 Å². The van der Waals surface area contributed by atoms with Gasteiger partial charge in [-0.1, -0.05) is 32.9 Å². The van der Waals surface area contributed by atoms with Crippen LogP contribution in [-0.2, 0) is 5.54 Å². The lowest BCUT2D eigenvalue weighted by atomic mass is 9.97.